The van der Waals surface area contributed by atoms with Crippen molar-refractivity contribution in [2.75, 3.05) is 37.0 Å². The van der Waals surface area contributed by atoms with Gasteiger partial charge in [-0.25, -0.2) is 8.42 Å². The third kappa shape index (κ3) is 3.83. The van der Waals surface area contributed by atoms with Gasteiger partial charge in [-0.15, -0.1) is 11.6 Å². The summed E-state index contributed by atoms with van der Waals surface area (Å²) >= 11 is 5.68. The van der Waals surface area contributed by atoms with Crippen molar-refractivity contribution < 1.29 is 8.42 Å². The molecule has 1 rings (SSSR count). The third-order valence-corrected chi connectivity index (χ3v) is 4.41. The van der Waals surface area contributed by atoms with E-state index in [0.29, 0.717) is 36.4 Å². The highest BCUT2D eigenvalue weighted by Crippen LogP contribution is 2.07. The van der Waals surface area contributed by atoms with Crippen LogP contribution in [0.2, 0.25) is 0 Å². The van der Waals surface area contributed by atoms with Crippen LogP contribution in [0.5, 0.6) is 0 Å². The zero-order valence-electron chi connectivity index (χ0n) is 7.87. The van der Waals surface area contributed by atoms with Gasteiger partial charge in [-0.05, 0) is 5.92 Å². The van der Waals surface area contributed by atoms with Gasteiger partial charge in [0, 0.05) is 25.5 Å². The second-order valence-corrected chi connectivity index (χ2v) is 6.32. The Balaban J connectivity index is 2.33. The summed E-state index contributed by atoms with van der Waals surface area (Å²) in [5, 5.41) is 0. The van der Waals surface area contributed by atoms with Gasteiger partial charge in [-0.2, -0.15) is 0 Å². The molecule has 0 bridgehead atoms. The van der Waals surface area contributed by atoms with E-state index in [1.54, 1.807) is 0 Å². The number of rotatable bonds is 3. The Hall–Kier alpha value is 0.200. The maximum atomic E-state index is 11.1. The zero-order chi connectivity index (χ0) is 9.90. The summed E-state index contributed by atoms with van der Waals surface area (Å²) in [6.07, 6.45) is 0. The van der Waals surface area contributed by atoms with E-state index in [1.165, 1.54) is 0 Å². The lowest BCUT2D eigenvalue weighted by Crippen LogP contribution is -2.42. The molecule has 0 aromatic rings. The Morgan fingerprint density at radius 1 is 1.38 bits per heavy atom. The Kier molecular flexibility index (Phi) is 4.01. The second kappa shape index (κ2) is 4.62. The van der Waals surface area contributed by atoms with Gasteiger partial charge in [0.25, 0.3) is 0 Å². The largest absolute Gasteiger partial charge is 0.301 e. The summed E-state index contributed by atoms with van der Waals surface area (Å²) in [4.78, 5) is 2.17. The molecule has 0 N–H and O–H groups in total. The van der Waals surface area contributed by atoms with Crippen LogP contribution in [0.25, 0.3) is 0 Å². The van der Waals surface area contributed by atoms with Crippen LogP contribution in [0.3, 0.4) is 0 Å². The van der Waals surface area contributed by atoms with Crippen LogP contribution < -0.4 is 0 Å². The highest BCUT2D eigenvalue weighted by Gasteiger charge is 2.22. The fourth-order valence-electron chi connectivity index (χ4n) is 1.42. The Morgan fingerprint density at radius 2 is 1.92 bits per heavy atom. The van der Waals surface area contributed by atoms with Crippen LogP contribution >= 0.6 is 11.6 Å². The first kappa shape index (κ1) is 11.3. The topological polar surface area (TPSA) is 37.4 Å². The van der Waals surface area contributed by atoms with Crippen LogP contribution in [0.15, 0.2) is 0 Å². The van der Waals surface area contributed by atoms with Gasteiger partial charge in [0.05, 0.1) is 11.5 Å². The predicted octanol–water partition coefficient (Wildman–Crippen LogP) is 0.592. The summed E-state index contributed by atoms with van der Waals surface area (Å²) in [5.74, 6) is 1.70. The molecule has 0 saturated carbocycles. The highest BCUT2D eigenvalue weighted by molar-refractivity contribution is 7.91. The van der Waals surface area contributed by atoms with Gasteiger partial charge >= 0.3 is 0 Å². The Labute approximate surface area is 85.0 Å². The quantitative estimate of drug-likeness (QED) is 0.660. The fraction of sp³-hybridized carbons (Fsp3) is 1.00. The molecule has 0 aliphatic carbocycles. The minimum Gasteiger partial charge on any atom is -0.301 e. The average molecular weight is 226 g/mol. The molecular weight excluding hydrogens is 210 g/mol. The molecule has 0 radical (unpaired) electrons. The van der Waals surface area contributed by atoms with Crippen molar-refractivity contribution in [3.8, 4) is 0 Å². The third-order valence-electron chi connectivity index (χ3n) is 2.27. The van der Waals surface area contributed by atoms with Crippen molar-refractivity contribution in [3.63, 3.8) is 0 Å². The minimum absolute atomic E-state index is 0.308. The molecule has 1 atom stereocenters. The van der Waals surface area contributed by atoms with E-state index in [2.05, 4.69) is 11.8 Å². The summed E-state index contributed by atoms with van der Waals surface area (Å²) in [7, 11) is -2.73. The van der Waals surface area contributed by atoms with E-state index in [0.717, 1.165) is 6.54 Å². The van der Waals surface area contributed by atoms with Gasteiger partial charge in [-0.1, -0.05) is 6.92 Å². The molecule has 1 aliphatic rings. The molecule has 0 amide bonds. The van der Waals surface area contributed by atoms with Crippen molar-refractivity contribution in [2.45, 2.75) is 6.92 Å². The van der Waals surface area contributed by atoms with E-state index < -0.39 is 9.84 Å². The molecule has 0 spiro atoms. The van der Waals surface area contributed by atoms with Crippen LogP contribution in [0, 0.1) is 5.92 Å². The normalized spacial score (nSPS) is 25.7. The van der Waals surface area contributed by atoms with Crippen molar-refractivity contribution in [1.82, 2.24) is 4.90 Å². The van der Waals surface area contributed by atoms with Crippen molar-refractivity contribution in [3.05, 3.63) is 0 Å². The monoisotopic (exact) mass is 225 g/mol. The van der Waals surface area contributed by atoms with E-state index >= 15 is 0 Å². The molecule has 1 heterocycles. The van der Waals surface area contributed by atoms with Crippen LogP contribution in [0.1, 0.15) is 6.92 Å². The van der Waals surface area contributed by atoms with Gasteiger partial charge in [-0.3, -0.25) is 0 Å². The molecule has 0 aromatic heterocycles. The zero-order valence-corrected chi connectivity index (χ0v) is 9.44. The van der Waals surface area contributed by atoms with Crippen molar-refractivity contribution >= 4 is 21.4 Å². The number of sulfone groups is 1. The average Bonchev–Trinajstić information content (AvgIpc) is 2.08. The molecule has 78 valence electrons. The molecule has 1 unspecified atom stereocenters. The van der Waals surface area contributed by atoms with Gasteiger partial charge < -0.3 is 4.90 Å². The molecule has 0 aromatic carbocycles. The van der Waals surface area contributed by atoms with E-state index in [4.69, 9.17) is 11.6 Å². The van der Waals surface area contributed by atoms with Gasteiger partial charge in [0.1, 0.15) is 0 Å². The lowest BCUT2D eigenvalue weighted by molar-refractivity contribution is 0.264. The van der Waals surface area contributed by atoms with Gasteiger partial charge in [0.2, 0.25) is 0 Å². The SMILES string of the molecule is CC(CCl)CN1CCS(=O)(=O)CC1. The first-order chi connectivity index (χ1) is 6.03. The summed E-state index contributed by atoms with van der Waals surface area (Å²) in [6.45, 7) is 4.34. The Morgan fingerprint density at radius 3 is 2.38 bits per heavy atom. The first-order valence-electron chi connectivity index (χ1n) is 4.52. The lowest BCUT2D eigenvalue weighted by atomic mass is 10.2. The molecule has 5 heteroatoms. The molecule has 1 saturated heterocycles. The number of hydrogen-bond acceptors (Lipinski definition) is 3. The molecule has 3 nitrogen and oxygen atoms in total. The van der Waals surface area contributed by atoms with Gasteiger partial charge in [0.15, 0.2) is 9.84 Å². The van der Waals surface area contributed by atoms with Crippen molar-refractivity contribution in [1.29, 1.82) is 0 Å². The highest BCUT2D eigenvalue weighted by atomic mass is 35.5. The minimum atomic E-state index is -2.73. The maximum absolute atomic E-state index is 11.1. The smallest absolute Gasteiger partial charge is 0.152 e. The lowest BCUT2D eigenvalue weighted by Gasteiger charge is -2.28. The number of halogens is 1. The van der Waals surface area contributed by atoms with E-state index in [9.17, 15) is 8.42 Å². The summed E-state index contributed by atoms with van der Waals surface area (Å²) in [5.41, 5.74) is 0. The van der Waals surface area contributed by atoms with E-state index in [-0.39, 0.29) is 0 Å². The van der Waals surface area contributed by atoms with E-state index in [1.807, 2.05) is 0 Å². The number of alkyl halides is 1. The fourth-order valence-corrected chi connectivity index (χ4v) is 2.80. The maximum Gasteiger partial charge on any atom is 0.152 e. The van der Waals surface area contributed by atoms with Crippen LogP contribution in [-0.2, 0) is 9.84 Å². The Bertz CT molecular complexity index is 239. The van der Waals surface area contributed by atoms with Crippen LogP contribution in [-0.4, -0.2) is 50.3 Å². The predicted molar refractivity (Wildman–Crippen MR) is 55.0 cm³/mol. The number of hydrogen-bond donors (Lipinski definition) is 0. The second-order valence-electron chi connectivity index (χ2n) is 3.71. The van der Waals surface area contributed by atoms with Crippen LogP contribution in [0.4, 0.5) is 0 Å². The molecule has 13 heavy (non-hydrogen) atoms. The standard InChI is InChI=1S/C8H16ClNO2S/c1-8(6-9)7-10-2-4-13(11,12)5-3-10/h8H,2-7H2,1H3. The molecule has 1 aliphatic heterocycles. The number of nitrogens with zero attached hydrogens (tertiary/aromatic N) is 1. The van der Waals surface area contributed by atoms with Crippen molar-refractivity contribution in [2.24, 2.45) is 5.92 Å². The first-order valence-corrected chi connectivity index (χ1v) is 6.88. The molecule has 1 fully saturated rings. The summed E-state index contributed by atoms with van der Waals surface area (Å²) in [6, 6.07) is 0. The summed E-state index contributed by atoms with van der Waals surface area (Å²) < 4.78 is 22.2. The molecular formula is C8H16ClNO2S.